The van der Waals surface area contributed by atoms with E-state index in [1.807, 2.05) is 6.07 Å². The summed E-state index contributed by atoms with van der Waals surface area (Å²) >= 11 is 0. The third-order valence-electron chi connectivity index (χ3n) is 2.83. The van der Waals surface area contributed by atoms with Gasteiger partial charge in [0.25, 0.3) is 0 Å². The first-order chi connectivity index (χ1) is 7.88. The molecule has 0 radical (unpaired) electrons. The van der Waals surface area contributed by atoms with Gasteiger partial charge in [-0.05, 0) is 6.54 Å². The predicted molar refractivity (Wildman–Crippen MR) is 60.1 cm³/mol. The van der Waals surface area contributed by atoms with E-state index in [2.05, 4.69) is 22.3 Å². The molecule has 16 heavy (non-hydrogen) atoms. The monoisotopic (exact) mass is 225 g/mol. The first-order valence-corrected chi connectivity index (χ1v) is 5.82. The molecule has 1 aromatic rings. The second-order valence-corrected chi connectivity index (χ2v) is 4.00. The summed E-state index contributed by atoms with van der Waals surface area (Å²) in [4.78, 5) is 2.41. The molecular weight excluding hydrogens is 206 g/mol. The van der Waals surface area contributed by atoms with Crippen LogP contribution in [-0.4, -0.2) is 48.9 Å². The van der Waals surface area contributed by atoms with E-state index in [9.17, 15) is 0 Å². The van der Waals surface area contributed by atoms with E-state index < -0.39 is 0 Å². The number of ether oxygens (including phenoxy) is 1. The van der Waals surface area contributed by atoms with Crippen molar-refractivity contribution in [3.63, 3.8) is 0 Å². The molecule has 0 bridgehead atoms. The average Bonchev–Trinajstić information content (AvgIpc) is 2.82. The molecule has 5 heteroatoms. The van der Waals surface area contributed by atoms with Crippen LogP contribution in [0.3, 0.4) is 0 Å². The van der Waals surface area contributed by atoms with Crippen LogP contribution in [0.1, 0.15) is 12.7 Å². The van der Waals surface area contributed by atoms with Crippen LogP contribution in [0.2, 0.25) is 0 Å². The summed E-state index contributed by atoms with van der Waals surface area (Å²) in [6.45, 7) is 7.76. The Labute approximate surface area is 95.7 Å². The van der Waals surface area contributed by atoms with E-state index in [1.54, 1.807) is 6.20 Å². The molecule has 0 amide bonds. The van der Waals surface area contributed by atoms with Crippen LogP contribution in [0.25, 0.3) is 0 Å². The molecule has 0 aliphatic carbocycles. The molecule has 2 heterocycles. The number of hydrogen-bond acceptors (Lipinski definition) is 5. The fourth-order valence-corrected chi connectivity index (χ4v) is 1.88. The van der Waals surface area contributed by atoms with Gasteiger partial charge in [-0.2, -0.15) is 0 Å². The molecule has 1 fully saturated rings. The number of hydrogen-bond donors (Lipinski definition) is 1. The summed E-state index contributed by atoms with van der Waals surface area (Å²) in [5, 5.41) is 6.98. The number of likely N-dealkylation sites (N-methyl/N-ethyl adjacent to an activating group) is 1. The van der Waals surface area contributed by atoms with Gasteiger partial charge in [-0.25, -0.2) is 0 Å². The van der Waals surface area contributed by atoms with E-state index >= 15 is 0 Å². The Bertz CT molecular complexity index is 289. The first kappa shape index (κ1) is 11.6. The minimum absolute atomic E-state index is 0.289. The van der Waals surface area contributed by atoms with Gasteiger partial charge in [0.15, 0.2) is 0 Å². The van der Waals surface area contributed by atoms with Crippen LogP contribution in [0.15, 0.2) is 16.8 Å². The van der Waals surface area contributed by atoms with E-state index in [1.165, 1.54) is 0 Å². The molecule has 1 atom stereocenters. The number of morpholine rings is 1. The lowest BCUT2D eigenvalue weighted by molar-refractivity contribution is -0.0255. The minimum Gasteiger partial charge on any atom is -0.374 e. The molecule has 5 nitrogen and oxygen atoms in total. The lowest BCUT2D eigenvalue weighted by Gasteiger charge is -2.32. The Morgan fingerprint density at radius 2 is 2.56 bits per heavy atom. The molecule has 90 valence electrons. The Balaban J connectivity index is 1.65. The van der Waals surface area contributed by atoms with E-state index in [4.69, 9.17) is 9.26 Å². The van der Waals surface area contributed by atoms with Crippen molar-refractivity contribution in [3.8, 4) is 0 Å². The highest BCUT2D eigenvalue weighted by Crippen LogP contribution is 2.04. The Hall–Kier alpha value is -0.910. The summed E-state index contributed by atoms with van der Waals surface area (Å²) in [6, 6.07) is 1.87. The number of rotatable bonds is 5. The van der Waals surface area contributed by atoms with Gasteiger partial charge in [0, 0.05) is 25.7 Å². The van der Waals surface area contributed by atoms with Crippen LogP contribution < -0.4 is 5.32 Å². The van der Waals surface area contributed by atoms with Crippen molar-refractivity contribution >= 4 is 0 Å². The number of nitrogens with one attached hydrogen (secondary N) is 1. The smallest absolute Gasteiger partial charge is 0.150 e. The Morgan fingerprint density at radius 3 is 3.31 bits per heavy atom. The molecule has 1 aromatic heterocycles. The third kappa shape index (κ3) is 3.30. The molecule has 0 saturated carbocycles. The zero-order chi connectivity index (χ0) is 11.2. The van der Waals surface area contributed by atoms with Gasteiger partial charge in [-0.3, -0.25) is 4.90 Å². The van der Waals surface area contributed by atoms with E-state index in [-0.39, 0.29) is 6.10 Å². The van der Waals surface area contributed by atoms with Crippen molar-refractivity contribution in [2.45, 2.75) is 19.6 Å². The van der Waals surface area contributed by atoms with Crippen LogP contribution in [-0.2, 0) is 11.3 Å². The Morgan fingerprint density at radius 1 is 1.62 bits per heavy atom. The second kappa shape index (κ2) is 5.98. The van der Waals surface area contributed by atoms with Crippen LogP contribution in [0.4, 0.5) is 0 Å². The topological polar surface area (TPSA) is 50.5 Å². The Kier molecular flexibility index (Phi) is 4.33. The van der Waals surface area contributed by atoms with E-state index in [0.717, 1.165) is 38.5 Å². The van der Waals surface area contributed by atoms with Crippen LogP contribution in [0, 0.1) is 0 Å². The quantitative estimate of drug-likeness (QED) is 0.790. The zero-order valence-corrected chi connectivity index (χ0v) is 9.69. The van der Waals surface area contributed by atoms with Gasteiger partial charge >= 0.3 is 0 Å². The van der Waals surface area contributed by atoms with Crippen molar-refractivity contribution in [1.29, 1.82) is 0 Å². The van der Waals surface area contributed by atoms with Crippen molar-refractivity contribution in [3.05, 3.63) is 18.0 Å². The van der Waals surface area contributed by atoms with Crippen molar-refractivity contribution in [2.75, 3.05) is 32.8 Å². The standard InChI is InChI=1S/C11H19N3O2/c1-2-14-5-6-15-11(9-14)8-12-7-10-3-4-13-16-10/h3-4,11-12H,2,5-9H2,1H3. The molecule has 1 saturated heterocycles. The van der Waals surface area contributed by atoms with Gasteiger partial charge in [0.05, 0.1) is 25.5 Å². The lowest BCUT2D eigenvalue weighted by atomic mass is 10.2. The van der Waals surface area contributed by atoms with Crippen molar-refractivity contribution in [2.24, 2.45) is 0 Å². The van der Waals surface area contributed by atoms with Crippen LogP contribution >= 0.6 is 0 Å². The fraction of sp³-hybridized carbons (Fsp3) is 0.727. The SMILES string of the molecule is CCN1CCOC(CNCc2ccno2)C1. The molecule has 2 rings (SSSR count). The number of nitrogens with zero attached hydrogens (tertiary/aromatic N) is 2. The molecule has 1 aliphatic rings. The van der Waals surface area contributed by atoms with Gasteiger partial charge in [-0.15, -0.1) is 0 Å². The lowest BCUT2D eigenvalue weighted by Crippen LogP contribution is -2.46. The maximum absolute atomic E-state index is 5.68. The summed E-state index contributed by atoms with van der Waals surface area (Å²) in [7, 11) is 0. The fourth-order valence-electron chi connectivity index (χ4n) is 1.88. The number of aromatic nitrogens is 1. The molecular formula is C11H19N3O2. The summed E-state index contributed by atoms with van der Waals surface area (Å²) in [5.74, 6) is 0.864. The third-order valence-corrected chi connectivity index (χ3v) is 2.83. The van der Waals surface area contributed by atoms with Gasteiger partial charge in [0.2, 0.25) is 0 Å². The largest absolute Gasteiger partial charge is 0.374 e. The maximum Gasteiger partial charge on any atom is 0.150 e. The highest BCUT2D eigenvalue weighted by molar-refractivity contribution is 4.92. The predicted octanol–water partition coefficient (Wildman–Crippen LogP) is 0.485. The van der Waals surface area contributed by atoms with Crippen LogP contribution in [0.5, 0.6) is 0 Å². The van der Waals surface area contributed by atoms with E-state index in [0.29, 0.717) is 6.54 Å². The molecule has 1 unspecified atom stereocenters. The molecule has 1 N–H and O–H groups in total. The summed E-state index contributed by atoms with van der Waals surface area (Å²) < 4.78 is 10.7. The van der Waals surface area contributed by atoms with Crippen molar-refractivity contribution in [1.82, 2.24) is 15.4 Å². The zero-order valence-electron chi connectivity index (χ0n) is 9.69. The molecule has 0 aromatic carbocycles. The highest BCUT2D eigenvalue weighted by atomic mass is 16.5. The molecule has 1 aliphatic heterocycles. The summed E-state index contributed by atoms with van der Waals surface area (Å²) in [6.07, 6.45) is 1.95. The van der Waals surface area contributed by atoms with Crippen molar-refractivity contribution < 1.29 is 9.26 Å². The maximum atomic E-state index is 5.68. The van der Waals surface area contributed by atoms with Gasteiger partial charge in [-0.1, -0.05) is 12.1 Å². The van der Waals surface area contributed by atoms with Gasteiger partial charge in [0.1, 0.15) is 5.76 Å². The minimum atomic E-state index is 0.289. The first-order valence-electron chi connectivity index (χ1n) is 5.82. The summed E-state index contributed by atoms with van der Waals surface area (Å²) in [5.41, 5.74) is 0. The second-order valence-electron chi connectivity index (χ2n) is 4.00. The molecule has 0 spiro atoms. The normalized spacial score (nSPS) is 22.4. The average molecular weight is 225 g/mol. The van der Waals surface area contributed by atoms with Gasteiger partial charge < -0.3 is 14.6 Å². The highest BCUT2D eigenvalue weighted by Gasteiger charge is 2.18.